The number of amides is 1. The Hall–Kier alpha value is -0.940. The highest BCUT2D eigenvalue weighted by Gasteiger charge is 2.21. The van der Waals surface area contributed by atoms with Crippen molar-refractivity contribution in [2.75, 3.05) is 0 Å². The number of thiazole rings is 1. The molecule has 0 saturated heterocycles. The second-order valence-corrected chi connectivity index (χ2v) is 5.56. The molecule has 0 unspecified atom stereocenters. The fraction of sp³-hybridized carbons (Fsp3) is 0.636. The SMILES string of the molecule is Cc1ncc(C(=O)NC2CCC(N)CC2)s1. The van der Waals surface area contributed by atoms with Crippen LogP contribution in [-0.4, -0.2) is 23.0 Å². The van der Waals surface area contributed by atoms with Crippen LogP contribution in [0.3, 0.4) is 0 Å². The number of rotatable bonds is 2. The summed E-state index contributed by atoms with van der Waals surface area (Å²) in [4.78, 5) is 16.6. The molecule has 1 saturated carbocycles. The summed E-state index contributed by atoms with van der Waals surface area (Å²) in [7, 11) is 0. The van der Waals surface area contributed by atoms with Gasteiger partial charge in [0.05, 0.1) is 11.2 Å². The van der Waals surface area contributed by atoms with Crippen LogP contribution in [0.5, 0.6) is 0 Å². The van der Waals surface area contributed by atoms with E-state index < -0.39 is 0 Å². The lowest BCUT2D eigenvalue weighted by Gasteiger charge is -2.26. The van der Waals surface area contributed by atoms with Crippen molar-refractivity contribution < 1.29 is 4.79 Å². The fourth-order valence-corrected chi connectivity index (χ4v) is 2.67. The minimum atomic E-state index is 0.00562. The number of aromatic nitrogens is 1. The highest BCUT2D eigenvalue weighted by atomic mass is 32.1. The highest BCUT2D eigenvalue weighted by Crippen LogP contribution is 2.18. The zero-order chi connectivity index (χ0) is 11.5. The Labute approximate surface area is 99.3 Å². The molecule has 1 amide bonds. The van der Waals surface area contributed by atoms with Gasteiger partial charge in [0.1, 0.15) is 4.88 Å². The maximum atomic E-state index is 11.8. The molecule has 2 rings (SSSR count). The molecular formula is C11H17N3OS. The number of nitrogens with one attached hydrogen (secondary N) is 1. The van der Waals surface area contributed by atoms with Gasteiger partial charge in [-0.25, -0.2) is 4.98 Å². The Kier molecular flexibility index (Phi) is 3.56. The van der Waals surface area contributed by atoms with E-state index in [0.29, 0.717) is 10.9 Å². The van der Waals surface area contributed by atoms with Crippen LogP contribution in [0, 0.1) is 6.92 Å². The molecule has 16 heavy (non-hydrogen) atoms. The minimum Gasteiger partial charge on any atom is -0.349 e. The predicted octanol–water partition coefficient (Wildman–Crippen LogP) is 1.45. The van der Waals surface area contributed by atoms with Crippen LogP contribution in [0.25, 0.3) is 0 Å². The zero-order valence-electron chi connectivity index (χ0n) is 9.40. The maximum Gasteiger partial charge on any atom is 0.263 e. The summed E-state index contributed by atoms with van der Waals surface area (Å²) in [5.74, 6) is 0.00562. The van der Waals surface area contributed by atoms with Crippen LogP contribution in [-0.2, 0) is 0 Å². The fourth-order valence-electron chi connectivity index (χ4n) is 1.99. The molecule has 1 aliphatic carbocycles. The lowest BCUT2D eigenvalue weighted by atomic mass is 9.92. The van der Waals surface area contributed by atoms with Gasteiger partial charge in [0.25, 0.3) is 5.91 Å². The molecule has 0 atom stereocenters. The highest BCUT2D eigenvalue weighted by molar-refractivity contribution is 7.13. The molecule has 0 bridgehead atoms. The number of hydrogen-bond donors (Lipinski definition) is 2. The van der Waals surface area contributed by atoms with Gasteiger partial charge in [0, 0.05) is 12.1 Å². The minimum absolute atomic E-state index is 0.00562. The molecule has 0 radical (unpaired) electrons. The Morgan fingerprint density at radius 3 is 2.75 bits per heavy atom. The van der Waals surface area contributed by atoms with Crippen LogP contribution in [0.1, 0.15) is 40.4 Å². The van der Waals surface area contributed by atoms with Gasteiger partial charge in [-0.1, -0.05) is 0 Å². The van der Waals surface area contributed by atoms with Gasteiger partial charge in [0.15, 0.2) is 0 Å². The molecule has 1 fully saturated rings. The Morgan fingerprint density at radius 1 is 1.50 bits per heavy atom. The molecule has 1 aromatic rings. The van der Waals surface area contributed by atoms with E-state index in [0.717, 1.165) is 30.7 Å². The summed E-state index contributed by atoms with van der Waals surface area (Å²) in [5, 5.41) is 3.97. The van der Waals surface area contributed by atoms with Gasteiger partial charge in [-0.2, -0.15) is 0 Å². The van der Waals surface area contributed by atoms with Gasteiger partial charge in [-0.15, -0.1) is 11.3 Å². The van der Waals surface area contributed by atoms with Gasteiger partial charge in [-0.05, 0) is 32.6 Å². The van der Waals surface area contributed by atoms with Crippen molar-refractivity contribution in [3.8, 4) is 0 Å². The first-order valence-corrected chi connectivity index (χ1v) is 6.45. The van der Waals surface area contributed by atoms with Crippen LogP contribution >= 0.6 is 11.3 Å². The summed E-state index contributed by atoms with van der Waals surface area (Å²) >= 11 is 1.44. The molecule has 3 N–H and O–H groups in total. The molecule has 5 heteroatoms. The molecule has 1 aromatic heterocycles. The van der Waals surface area contributed by atoms with Crippen molar-refractivity contribution in [1.82, 2.24) is 10.3 Å². The van der Waals surface area contributed by atoms with Gasteiger partial charge in [-0.3, -0.25) is 4.79 Å². The van der Waals surface area contributed by atoms with Gasteiger partial charge >= 0.3 is 0 Å². The van der Waals surface area contributed by atoms with E-state index in [1.54, 1.807) is 6.20 Å². The van der Waals surface area contributed by atoms with Crippen LogP contribution in [0.4, 0.5) is 0 Å². The first-order valence-electron chi connectivity index (χ1n) is 5.64. The number of aryl methyl sites for hydroxylation is 1. The van der Waals surface area contributed by atoms with Crippen molar-refractivity contribution in [1.29, 1.82) is 0 Å². The molecule has 0 spiro atoms. The predicted molar refractivity (Wildman–Crippen MR) is 64.5 cm³/mol. The third kappa shape index (κ3) is 2.80. The zero-order valence-corrected chi connectivity index (χ0v) is 10.2. The van der Waals surface area contributed by atoms with Crippen molar-refractivity contribution in [3.63, 3.8) is 0 Å². The third-order valence-electron chi connectivity index (χ3n) is 2.95. The van der Waals surface area contributed by atoms with Crippen molar-refractivity contribution in [3.05, 3.63) is 16.1 Å². The van der Waals surface area contributed by atoms with Gasteiger partial charge in [0.2, 0.25) is 0 Å². The van der Waals surface area contributed by atoms with E-state index >= 15 is 0 Å². The summed E-state index contributed by atoms with van der Waals surface area (Å²) in [5.41, 5.74) is 5.82. The summed E-state index contributed by atoms with van der Waals surface area (Å²) in [6.07, 6.45) is 5.64. The lowest BCUT2D eigenvalue weighted by Crippen LogP contribution is -2.40. The largest absolute Gasteiger partial charge is 0.349 e. The van der Waals surface area contributed by atoms with E-state index in [-0.39, 0.29) is 11.9 Å². The van der Waals surface area contributed by atoms with Crippen molar-refractivity contribution >= 4 is 17.2 Å². The van der Waals surface area contributed by atoms with E-state index in [1.807, 2.05) is 6.92 Å². The molecule has 4 nitrogen and oxygen atoms in total. The summed E-state index contributed by atoms with van der Waals surface area (Å²) < 4.78 is 0. The number of hydrogen-bond acceptors (Lipinski definition) is 4. The van der Waals surface area contributed by atoms with Crippen molar-refractivity contribution in [2.24, 2.45) is 5.73 Å². The van der Waals surface area contributed by atoms with Crippen molar-refractivity contribution in [2.45, 2.75) is 44.7 Å². The van der Waals surface area contributed by atoms with E-state index in [4.69, 9.17) is 5.73 Å². The third-order valence-corrected chi connectivity index (χ3v) is 3.86. The number of carbonyl (C=O) groups is 1. The molecular weight excluding hydrogens is 222 g/mol. The quantitative estimate of drug-likeness (QED) is 0.821. The topological polar surface area (TPSA) is 68.0 Å². The van der Waals surface area contributed by atoms with Crippen LogP contribution < -0.4 is 11.1 Å². The smallest absolute Gasteiger partial charge is 0.263 e. The standard InChI is InChI=1S/C11H17N3OS/c1-7-13-6-10(16-7)11(15)14-9-4-2-8(12)3-5-9/h6,8-9H,2-5,12H2,1H3,(H,14,15). The summed E-state index contributed by atoms with van der Waals surface area (Å²) in [6.45, 7) is 1.90. The van der Waals surface area contributed by atoms with E-state index in [9.17, 15) is 4.79 Å². The monoisotopic (exact) mass is 239 g/mol. The molecule has 0 aromatic carbocycles. The van der Waals surface area contributed by atoms with Crippen LogP contribution in [0.2, 0.25) is 0 Å². The first kappa shape index (κ1) is 11.5. The first-order chi connectivity index (χ1) is 7.65. The number of nitrogens with zero attached hydrogens (tertiary/aromatic N) is 1. The van der Waals surface area contributed by atoms with E-state index in [2.05, 4.69) is 10.3 Å². The maximum absolute atomic E-state index is 11.8. The molecule has 0 aliphatic heterocycles. The second-order valence-electron chi connectivity index (χ2n) is 4.33. The van der Waals surface area contributed by atoms with Gasteiger partial charge < -0.3 is 11.1 Å². The van der Waals surface area contributed by atoms with Crippen LogP contribution in [0.15, 0.2) is 6.20 Å². The normalized spacial score (nSPS) is 25.4. The average molecular weight is 239 g/mol. The Bertz CT molecular complexity index is 369. The number of nitrogens with two attached hydrogens (primary N) is 1. The summed E-state index contributed by atoms with van der Waals surface area (Å²) in [6, 6.07) is 0.605. The Balaban J connectivity index is 1.88. The molecule has 1 heterocycles. The Morgan fingerprint density at radius 2 is 2.19 bits per heavy atom. The van der Waals surface area contributed by atoms with E-state index in [1.165, 1.54) is 11.3 Å². The lowest BCUT2D eigenvalue weighted by molar-refractivity contribution is 0.0930. The second kappa shape index (κ2) is 4.93. The number of carbonyl (C=O) groups excluding carboxylic acids is 1. The average Bonchev–Trinajstić information content (AvgIpc) is 2.68. The molecule has 1 aliphatic rings. The molecule has 88 valence electrons.